The smallest absolute Gasteiger partial charge is 0.227 e. The van der Waals surface area contributed by atoms with Gasteiger partial charge in [-0.15, -0.1) is 24.8 Å². The van der Waals surface area contributed by atoms with Gasteiger partial charge in [-0.05, 0) is 37.3 Å². The minimum absolute atomic E-state index is 0. The van der Waals surface area contributed by atoms with Crippen molar-refractivity contribution in [1.82, 2.24) is 5.32 Å². The fourth-order valence-electron chi connectivity index (χ4n) is 3.58. The quantitative estimate of drug-likeness (QED) is 0.809. The number of ether oxygens (including phenoxy) is 1. The van der Waals surface area contributed by atoms with E-state index in [-0.39, 0.29) is 30.7 Å². The maximum Gasteiger partial charge on any atom is 0.227 e. The fraction of sp³-hybridized carbons (Fsp3) is 0.611. The van der Waals surface area contributed by atoms with E-state index in [4.69, 9.17) is 10.5 Å². The number of carbonyl (C=O) groups excluding carboxylic acids is 1. The number of hydrogen-bond donors (Lipinski definition) is 2. The largest absolute Gasteiger partial charge is 0.381 e. The van der Waals surface area contributed by atoms with E-state index in [0.717, 1.165) is 38.9 Å². The Labute approximate surface area is 162 Å². The topological polar surface area (TPSA) is 67.6 Å². The molecule has 1 amide bonds. The molecule has 2 aliphatic heterocycles. The van der Waals surface area contributed by atoms with Gasteiger partial charge in [-0.25, -0.2) is 0 Å². The van der Waals surface area contributed by atoms with Crippen LogP contribution in [0.4, 0.5) is 5.69 Å². The van der Waals surface area contributed by atoms with Crippen LogP contribution >= 0.6 is 24.8 Å². The molecule has 7 heteroatoms. The van der Waals surface area contributed by atoms with E-state index in [1.54, 1.807) is 0 Å². The second-order valence-electron chi connectivity index (χ2n) is 6.74. The lowest BCUT2D eigenvalue weighted by Crippen LogP contribution is -2.50. The lowest BCUT2D eigenvalue weighted by atomic mass is 9.79. The zero-order chi connectivity index (χ0) is 16.1. The Balaban J connectivity index is 0.00000156. The highest BCUT2D eigenvalue weighted by atomic mass is 35.5. The van der Waals surface area contributed by atoms with Crippen LogP contribution in [0.25, 0.3) is 0 Å². The van der Waals surface area contributed by atoms with Crippen molar-refractivity contribution < 1.29 is 9.53 Å². The molecular weight excluding hydrogens is 361 g/mol. The average Bonchev–Trinajstić information content (AvgIpc) is 3.10. The van der Waals surface area contributed by atoms with Crippen LogP contribution in [0.5, 0.6) is 0 Å². The van der Waals surface area contributed by atoms with Crippen molar-refractivity contribution in [3.63, 3.8) is 0 Å². The van der Waals surface area contributed by atoms with Gasteiger partial charge in [-0.1, -0.05) is 18.2 Å². The van der Waals surface area contributed by atoms with Crippen molar-refractivity contribution in [2.75, 3.05) is 44.3 Å². The van der Waals surface area contributed by atoms with E-state index < -0.39 is 5.41 Å². The number of benzene rings is 1. The number of nitrogens with two attached hydrogens (primary N) is 1. The first-order valence-corrected chi connectivity index (χ1v) is 8.60. The molecule has 142 valence electrons. The molecule has 0 bridgehead atoms. The molecule has 2 aliphatic rings. The van der Waals surface area contributed by atoms with Gasteiger partial charge in [-0.2, -0.15) is 0 Å². The summed E-state index contributed by atoms with van der Waals surface area (Å²) >= 11 is 0. The zero-order valence-electron chi connectivity index (χ0n) is 14.5. The average molecular weight is 390 g/mol. The molecule has 0 saturated carbocycles. The Hall–Kier alpha value is -1.01. The van der Waals surface area contributed by atoms with Crippen LogP contribution in [-0.4, -0.2) is 45.3 Å². The summed E-state index contributed by atoms with van der Waals surface area (Å²) < 4.78 is 5.38. The van der Waals surface area contributed by atoms with Crippen molar-refractivity contribution >= 4 is 36.4 Å². The van der Waals surface area contributed by atoms with Crippen LogP contribution in [-0.2, 0) is 9.53 Å². The minimum atomic E-state index is -0.421. The molecule has 5 nitrogen and oxygen atoms in total. The lowest BCUT2D eigenvalue weighted by Gasteiger charge is -2.34. The van der Waals surface area contributed by atoms with E-state index >= 15 is 0 Å². The summed E-state index contributed by atoms with van der Waals surface area (Å²) in [5.74, 6) is 0.621. The monoisotopic (exact) mass is 389 g/mol. The highest BCUT2D eigenvalue weighted by molar-refractivity contribution is 5.85. The third kappa shape index (κ3) is 5.23. The van der Waals surface area contributed by atoms with Gasteiger partial charge in [0.05, 0.1) is 5.41 Å². The lowest BCUT2D eigenvalue weighted by molar-refractivity contribution is -0.136. The molecule has 2 saturated heterocycles. The molecule has 0 spiro atoms. The first-order chi connectivity index (χ1) is 11.2. The van der Waals surface area contributed by atoms with E-state index in [0.29, 0.717) is 25.7 Å². The third-order valence-electron chi connectivity index (χ3n) is 5.28. The molecule has 2 heterocycles. The Bertz CT molecular complexity index is 524. The molecule has 1 atom stereocenters. The summed E-state index contributed by atoms with van der Waals surface area (Å²) in [6.45, 7) is 4.48. The molecule has 0 aliphatic carbocycles. The molecule has 1 aromatic carbocycles. The molecule has 25 heavy (non-hydrogen) atoms. The molecule has 0 radical (unpaired) electrons. The number of carbonyl (C=O) groups is 1. The first kappa shape index (κ1) is 22.0. The Morgan fingerprint density at radius 1 is 1.24 bits per heavy atom. The number of nitrogens with one attached hydrogen (secondary N) is 1. The number of nitrogens with zero attached hydrogens (tertiary/aromatic N) is 1. The Morgan fingerprint density at radius 2 is 1.92 bits per heavy atom. The standard InChI is InChI=1S/C18H27N3O2.2ClH/c19-14-18(7-10-23-11-8-18)17(22)20-12-15-6-9-21(13-15)16-4-2-1-3-5-16;;/h1-5,15H,6-14,19H2,(H,20,22);2*1H. The second-order valence-corrected chi connectivity index (χ2v) is 6.74. The zero-order valence-corrected chi connectivity index (χ0v) is 16.1. The van der Waals surface area contributed by atoms with Crippen molar-refractivity contribution in [3.05, 3.63) is 30.3 Å². The predicted molar refractivity (Wildman–Crippen MR) is 106 cm³/mol. The van der Waals surface area contributed by atoms with Crippen molar-refractivity contribution in [3.8, 4) is 0 Å². The van der Waals surface area contributed by atoms with Crippen LogP contribution in [0.2, 0.25) is 0 Å². The molecule has 0 aromatic heterocycles. The highest BCUT2D eigenvalue weighted by Crippen LogP contribution is 2.30. The van der Waals surface area contributed by atoms with Gasteiger partial charge in [0.15, 0.2) is 0 Å². The van der Waals surface area contributed by atoms with Gasteiger partial charge in [-0.3, -0.25) is 4.79 Å². The Kier molecular flexibility index (Phi) is 9.00. The number of hydrogen-bond acceptors (Lipinski definition) is 4. The molecule has 1 aromatic rings. The fourth-order valence-corrected chi connectivity index (χ4v) is 3.58. The SMILES string of the molecule is Cl.Cl.NCC1(C(=O)NCC2CCN(c3ccccc3)C2)CCOCC1. The molecule has 3 rings (SSSR count). The highest BCUT2D eigenvalue weighted by Gasteiger charge is 2.39. The summed E-state index contributed by atoms with van der Waals surface area (Å²) in [5.41, 5.74) is 6.74. The first-order valence-electron chi connectivity index (χ1n) is 8.60. The molecule has 1 unspecified atom stereocenters. The van der Waals surface area contributed by atoms with E-state index in [9.17, 15) is 4.79 Å². The van der Waals surface area contributed by atoms with E-state index in [1.165, 1.54) is 5.69 Å². The van der Waals surface area contributed by atoms with Gasteiger partial charge in [0, 0.05) is 45.1 Å². The second kappa shape index (κ2) is 10.2. The number of para-hydroxylation sites is 1. The van der Waals surface area contributed by atoms with Gasteiger partial charge in [0.1, 0.15) is 0 Å². The van der Waals surface area contributed by atoms with E-state index in [2.05, 4.69) is 34.5 Å². The van der Waals surface area contributed by atoms with Crippen molar-refractivity contribution in [2.24, 2.45) is 17.1 Å². The van der Waals surface area contributed by atoms with Gasteiger partial charge < -0.3 is 20.7 Å². The van der Waals surface area contributed by atoms with Crippen LogP contribution in [0.1, 0.15) is 19.3 Å². The Morgan fingerprint density at radius 3 is 2.56 bits per heavy atom. The predicted octanol–water partition coefficient (Wildman–Crippen LogP) is 2.23. The summed E-state index contributed by atoms with van der Waals surface area (Å²) in [7, 11) is 0. The number of halogens is 2. The minimum Gasteiger partial charge on any atom is -0.381 e. The van der Waals surface area contributed by atoms with E-state index in [1.807, 2.05) is 6.07 Å². The number of rotatable bonds is 5. The normalized spacial score (nSPS) is 21.8. The van der Waals surface area contributed by atoms with Crippen molar-refractivity contribution in [1.29, 1.82) is 0 Å². The molecule has 2 fully saturated rings. The van der Waals surface area contributed by atoms with Crippen LogP contribution < -0.4 is 16.0 Å². The van der Waals surface area contributed by atoms with Gasteiger partial charge in [0.2, 0.25) is 5.91 Å². The molecular formula is C18H29Cl2N3O2. The summed E-state index contributed by atoms with van der Waals surface area (Å²) in [6.07, 6.45) is 2.58. The van der Waals surface area contributed by atoms with Gasteiger partial charge >= 0.3 is 0 Å². The number of amides is 1. The van der Waals surface area contributed by atoms with Crippen LogP contribution in [0.3, 0.4) is 0 Å². The van der Waals surface area contributed by atoms with Crippen LogP contribution in [0, 0.1) is 11.3 Å². The third-order valence-corrected chi connectivity index (χ3v) is 5.28. The summed E-state index contributed by atoms with van der Waals surface area (Å²) in [4.78, 5) is 15.0. The summed E-state index contributed by atoms with van der Waals surface area (Å²) in [6, 6.07) is 10.5. The maximum absolute atomic E-state index is 12.6. The number of anilines is 1. The van der Waals surface area contributed by atoms with Crippen molar-refractivity contribution in [2.45, 2.75) is 19.3 Å². The maximum atomic E-state index is 12.6. The summed E-state index contributed by atoms with van der Waals surface area (Å²) in [5, 5.41) is 3.16. The molecule has 3 N–H and O–H groups in total. The van der Waals surface area contributed by atoms with Gasteiger partial charge in [0.25, 0.3) is 0 Å². The van der Waals surface area contributed by atoms with Crippen LogP contribution in [0.15, 0.2) is 30.3 Å².